The molecule has 1 heterocycles. The molecule has 0 aliphatic carbocycles. The van der Waals surface area contributed by atoms with E-state index in [1.54, 1.807) is 0 Å². The van der Waals surface area contributed by atoms with E-state index in [9.17, 15) is 0 Å². The molecule has 1 aromatic heterocycles. The molecule has 0 spiro atoms. The topological polar surface area (TPSA) is 16.1 Å². The van der Waals surface area contributed by atoms with E-state index in [-0.39, 0.29) is 0 Å². The van der Waals surface area contributed by atoms with E-state index >= 15 is 0 Å². The minimum absolute atomic E-state index is 1.01. The lowest BCUT2D eigenvalue weighted by atomic mass is 10.0. The lowest BCUT2D eigenvalue weighted by molar-refractivity contribution is 1.13. The number of rotatable bonds is 4. The number of allylic oxidation sites excluding steroid dienone is 1. The highest BCUT2D eigenvalue weighted by Crippen LogP contribution is 2.22. The highest BCUT2D eigenvalue weighted by molar-refractivity contribution is 5.81. The Kier molecular flexibility index (Phi) is 4.35. The second-order valence-corrected chi connectivity index (χ2v) is 4.74. The van der Waals surface area contributed by atoms with Crippen LogP contribution in [0.3, 0.4) is 0 Å². The number of aromatic nitrogens is 1. The minimum Gasteiger partial charge on any atom is -0.378 e. The standard InChI is InChI=1S/C17H20N2/c1-4-15(16-9-11-18-12-10-16)13-14-5-7-17(8-6-14)19(2)3/h5-13H,4H2,1-3H3. The average molecular weight is 252 g/mol. The Morgan fingerprint density at radius 3 is 2.21 bits per heavy atom. The maximum absolute atomic E-state index is 4.07. The third kappa shape index (κ3) is 3.44. The molecule has 98 valence electrons. The summed E-state index contributed by atoms with van der Waals surface area (Å²) in [5.74, 6) is 0. The van der Waals surface area contributed by atoms with Gasteiger partial charge in [0.05, 0.1) is 0 Å². The first-order chi connectivity index (χ1) is 9.20. The molecule has 0 saturated heterocycles. The summed E-state index contributed by atoms with van der Waals surface area (Å²) >= 11 is 0. The molecule has 0 fully saturated rings. The maximum Gasteiger partial charge on any atom is 0.0361 e. The SMILES string of the molecule is CCC(=Cc1ccc(N(C)C)cc1)c1ccncc1. The quantitative estimate of drug-likeness (QED) is 0.814. The van der Waals surface area contributed by atoms with Gasteiger partial charge in [0.2, 0.25) is 0 Å². The molecule has 0 unspecified atom stereocenters. The summed E-state index contributed by atoms with van der Waals surface area (Å²) in [5, 5.41) is 0. The summed E-state index contributed by atoms with van der Waals surface area (Å²) in [6, 6.07) is 12.7. The van der Waals surface area contributed by atoms with E-state index in [1.807, 2.05) is 12.4 Å². The van der Waals surface area contributed by atoms with Gasteiger partial charge in [0.25, 0.3) is 0 Å². The highest BCUT2D eigenvalue weighted by atomic mass is 15.1. The van der Waals surface area contributed by atoms with Gasteiger partial charge in [0, 0.05) is 32.2 Å². The molecule has 2 rings (SSSR count). The number of benzene rings is 1. The van der Waals surface area contributed by atoms with Crippen LogP contribution in [0.1, 0.15) is 24.5 Å². The van der Waals surface area contributed by atoms with Crippen molar-refractivity contribution in [2.45, 2.75) is 13.3 Å². The fraction of sp³-hybridized carbons (Fsp3) is 0.235. The first-order valence-electron chi connectivity index (χ1n) is 6.59. The van der Waals surface area contributed by atoms with Crippen molar-refractivity contribution < 1.29 is 0 Å². The first kappa shape index (κ1) is 13.3. The van der Waals surface area contributed by atoms with Crippen LogP contribution >= 0.6 is 0 Å². The summed E-state index contributed by atoms with van der Waals surface area (Å²) in [6.45, 7) is 2.18. The van der Waals surface area contributed by atoms with Crippen LogP contribution in [0, 0.1) is 0 Å². The van der Waals surface area contributed by atoms with Crippen molar-refractivity contribution in [2.24, 2.45) is 0 Å². The smallest absolute Gasteiger partial charge is 0.0361 e. The second kappa shape index (κ2) is 6.19. The minimum atomic E-state index is 1.01. The van der Waals surface area contributed by atoms with Gasteiger partial charge in [-0.25, -0.2) is 0 Å². The summed E-state index contributed by atoms with van der Waals surface area (Å²) in [5.41, 5.74) is 5.03. The number of nitrogens with zero attached hydrogens (tertiary/aromatic N) is 2. The van der Waals surface area contributed by atoms with Gasteiger partial charge in [-0.2, -0.15) is 0 Å². The third-order valence-corrected chi connectivity index (χ3v) is 3.18. The van der Waals surface area contributed by atoms with Gasteiger partial charge in [-0.3, -0.25) is 4.98 Å². The van der Waals surface area contributed by atoms with Crippen LogP contribution < -0.4 is 4.90 Å². The fourth-order valence-electron chi connectivity index (χ4n) is 2.03. The predicted molar refractivity (Wildman–Crippen MR) is 83.2 cm³/mol. The molecule has 2 heteroatoms. The van der Waals surface area contributed by atoms with Crippen molar-refractivity contribution in [3.63, 3.8) is 0 Å². The van der Waals surface area contributed by atoms with Gasteiger partial charge in [-0.1, -0.05) is 25.1 Å². The number of hydrogen-bond acceptors (Lipinski definition) is 2. The van der Waals surface area contributed by atoms with Crippen LogP contribution in [0.2, 0.25) is 0 Å². The normalized spacial score (nSPS) is 11.4. The van der Waals surface area contributed by atoms with Crippen LogP contribution in [-0.4, -0.2) is 19.1 Å². The van der Waals surface area contributed by atoms with Gasteiger partial charge < -0.3 is 4.90 Å². The van der Waals surface area contributed by atoms with E-state index < -0.39 is 0 Å². The van der Waals surface area contributed by atoms with Crippen molar-refractivity contribution in [1.82, 2.24) is 4.98 Å². The Balaban J connectivity index is 2.28. The van der Waals surface area contributed by atoms with Crippen molar-refractivity contribution >= 4 is 17.3 Å². The number of anilines is 1. The zero-order valence-electron chi connectivity index (χ0n) is 11.8. The maximum atomic E-state index is 4.07. The molecule has 0 amide bonds. The largest absolute Gasteiger partial charge is 0.378 e. The molecular formula is C17H20N2. The number of pyridine rings is 1. The van der Waals surface area contributed by atoms with Crippen LogP contribution in [0.15, 0.2) is 48.8 Å². The monoisotopic (exact) mass is 252 g/mol. The molecule has 19 heavy (non-hydrogen) atoms. The van der Waals surface area contributed by atoms with E-state index in [4.69, 9.17) is 0 Å². The van der Waals surface area contributed by atoms with Crippen molar-refractivity contribution in [1.29, 1.82) is 0 Å². The van der Waals surface area contributed by atoms with Crippen LogP contribution in [-0.2, 0) is 0 Å². The van der Waals surface area contributed by atoms with Gasteiger partial charge in [0.15, 0.2) is 0 Å². The van der Waals surface area contributed by atoms with E-state index in [2.05, 4.69) is 73.4 Å². The lowest BCUT2D eigenvalue weighted by Crippen LogP contribution is -2.07. The Bertz CT molecular complexity index is 539. The zero-order chi connectivity index (χ0) is 13.7. The highest BCUT2D eigenvalue weighted by Gasteiger charge is 2.00. The molecule has 2 aromatic rings. The molecular weight excluding hydrogens is 232 g/mol. The van der Waals surface area contributed by atoms with E-state index in [1.165, 1.54) is 22.4 Å². The van der Waals surface area contributed by atoms with E-state index in [0.29, 0.717) is 0 Å². The molecule has 0 atom stereocenters. The van der Waals surface area contributed by atoms with E-state index in [0.717, 1.165) is 6.42 Å². The fourth-order valence-corrected chi connectivity index (χ4v) is 2.03. The van der Waals surface area contributed by atoms with Crippen LogP contribution in [0.5, 0.6) is 0 Å². The molecule has 0 aliphatic heterocycles. The Labute approximate surface area is 115 Å². The lowest BCUT2D eigenvalue weighted by Gasteiger charge is -2.12. The van der Waals surface area contributed by atoms with Gasteiger partial charge in [0.1, 0.15) is 0 Å². The average Bonchev–Trinajstić information content (AvgIpc) is 2.46. The second-order valence-electron chi connectivity index (χ2n) is 4.74. The van der Waals surface area contributed by atoms with Crippen LogP contribution in [0.25, 0.3) is 11.6 Å². The third-order valence-electron chi connectivity index (χ3n) is 3.18. The molecule has 0 radical (unpaired) electrons. The summed E-state index contributed by atoms with van der Waals surface area (Å²) in [6.07, 6.45) is 6.94. The summed E-state index contributed by atoms with van der Waals surface area (Å²) in [7, 11) is 4.11. The Hall–Kier alpha value is -2.09. The Morgan fingerprint density at radius 2 is 1.68 bits per heavy atom. The summed E-state index contributed by atoms with van der Waals surface area (Å²) in [4.78, 5) is 6.18. The molecule has 2 nitrogen and oxygen atoms in total. The zero-order valence-corrected chi connectivity index (χ0v) is 11.8. The van der Waals surface area contributed by atoms with Gasteiger partial charge in [-0.05, 0) is 47.4 Å². The van der Waals surface area contributed by atoms with Crippen molar-refractivity contribution in [3.05, 3.63) is 59.9 Å². The molecule has 0 bridgehead atoms. The first-order valence-corrected chi connectivity index (χ1v) is 6.59. The molecule has 1 aromatic carbocycles. The predicted octanol–water partition coefficient (Wildman–Crippen LogP) is 4.10. The van der Waals surface area contributed by atoms with Gasteiger partial charge >= 0.3 is 0 Å². The van der Waals surface area contributed by atoms with Crippen LogP contribution in [0.4, 0.5) is 5.69 Å². The van der Waals surface area contributed by atoms with Crippen molar-refractivity contribution in [3.8, 4) is 0 Å². The Morgan fingerprint density at radius 1 is 1.05 bits per heavy atom. The van der Waals surface area contributed by atoms with Crippen molar-refractivity contribution in [2.75, 3.05) is 19.0 Å². The van der Waals surface area contributed by atoms with Gasteiger partial charge in [-0.15, -0.1) is 0 Å². The molecule has 0 saturated carbocycles. The molecule has 0 N–H and O–H groups in total. The summed E-state index contributed by atoms with van der Waals surface area (Å²) < 4.78 is 0. The number of hydrogen-bond donors (Lipinski definition) is 0. The molecule has 0 aliphatic rings.